The van der Waals surface area contributed by atoms with Crippen LogP contribution in [0, 0.1) is 0 Å². The number of aromatic amines is 1. The molecule has 2 aliphatic rings. The first-order valence-corrected chi connectivity index (χ1v) is 8.20. The maximum atomic E-state index is 5.70. The fraction of sp³-hybridized carbons (Fsp3) is 0.500. The fourth-order valence-electron chi connectivity index (χ4n) is 4.08. The molecule has 0 aliphatic carbocycles. The number of piperidine rings is 2. The van der Waals surface area contributed by atoms with Gasteiger partial charge in [-0.1, -0.05) is 5.16 Å². The molecule has 5 rings (SSSR count). The van der Waals surface area contributed by atoms with Gasteiger partial charge in [0.25, 0.3) is 0 Å². The summed E-state index contributed by atoms with van der Waals surface area (Å²) in [5, 5.41) is 15.1. The van der Waals surface area contributed by atoms with Gasteiger partial charge in [-0.05, 0) is 57.0 Å². The van der Waals surface area contributed by atoms with Crippen molar-refractivity contribution in [3.8, 4) is 11.4 Å². The Kier molecular flexibility index (Phi) is 2.78. The minimum absolute atomic E-state index is 0.0553. The van der Waals surface area contributed by atoms with Crippen molar-refractivity contribution in [2.75, 3.05) is 19.6 Å². The van der Waals surface area contributed by atoms with E-state index < -0.39 is 0 Å². The first kappa shape index (κ1) is 13.2. The predicted molar refractivity (Wildman–Crippen MR) is 83.8 cm³/mol. The summed E-state index contributed by atoms with van der Waals surface area (Å²) in [6.07, 6.45) is 4.71. The molecule has 2 aromatic heterocycles. The van der Waals surface area contributed by atoms with Crippen LogP contribution < -0.4 is 0 Å². The number of benzene rings is 1. The van der Waals surface area contributed by atoms with Crippen LogP contribution in [0.1, 0.15) is 31.6 Å². The molecule has 23 heavy (non-hydrogen) atoms. The highest BCUT2D eigenvalue weighted by Crippen LogP contribution is 2.41. The number of aromatic nitrogens is 5. The monoisotopic (exact) mass is 310 g/mol. The van der Waals surface area contributed by atoms with E-state index in [1.807, 2.05) is 18.2 Å². The number of nitrogens with one attached hydrogen (secondary N) is 1. The molecule has 0 unspecified atom stereocenters. The zero-order valence-electron chi connectivity index (χ0n) is 12.8. The van der Waals surface area contributed by atoms with Crippen LogP contribution >= 0.6 is 0 Å². The molecule has 0 spiro atoms. The average molecular weight is 310 g/mol. The lowest BCUT2D eigenvalue weighted by Gasteiger charge is -2.44. The van der Waals surface area contributed by atoms with Crippen LogP contribution in [0.3, 0.4) is 0 Å². The topological polar surface area (TPSA) is 83.7 Å². The molecule has 2 saturated heterocycles. The van der Waals surface area contributed by atoms with E-state index in [-0.39, 0.29) is 5.41 Å². The van der Waals surface area contributed by atoms with Gasteiger partial charge >= 0.3 is 0 Å². The van der Waals surface area contributed by atoms with Crippen LogP contribution in [-0.2, 0) is 5.41 Å². The molecule has 1 N–H and O–H groups in total. The SMILES string of the molecule is c1cc2n[nH]nc2cc1-c1noc(C23CCCN(CCC2)C3)n1. The maximum absolute atomic E-state index is 5.70. The van der Waals surface area contributed by atoms with Gasteiger partial charge < -0.3 is 9.42 Å². The lowest BCUT2D eigenvalue weighted by molar-refractivity contribution is 0.0711. The molecule has 1 aromatic carbocycles. The molecular weight excluding hydrogens is 292 g/mol. The summed E-state index contributed by atoms with van der Waals surface area (Å²) in [6.45, 7) is 3.45. The number of hydrogen-bond donors (Lipinski definition) is 1. The summed E-state index contributed by atoms with van der Waals surface area (Å²) < 4.78 is 5.70. The quantitative estimate of drug-likeness (QED) is 0.780. The van der Waals surface area contributed by atoms with Gasteiger partial charge in [0.1, 0.15) is 11.0 Å². The highest BCUT2D eigenvalue weighted by Gasteiger charge is 2.44. The molecule has 2 aliphatic heterocycles. The third-order valence-corrected chi connectivity index (χ3v) is 5.24. The van der Waals surface area contributed by atoms with Crippen LogP contribution in [-0.4, -0.2) is 50.1 Å². The molecule has 4 heterocycles. The largest absolute Gasteiger partial charge is 0.338 e. The third kappa shape index (κ3) is 2.07. The molecule has 118 valence electrons. The molecule has 2 fully saturated rings. The first-order valence-electron chi connectivity index (χ1n) is 8.20. The molecule has 0 atom stereocenters. The zero-order chi connectivity index (χ0) is 15.3. The number of H-pyrrole nitrogens is 1. The van der Waals surface area contributed by atoms with E-state index in [9.17, 15) is 0 Å². The van der Waals surface area contributed by atoms with E-state index in [2.05, 4.69) is 25.5 Å². The van der Waals surface area contributed by atoms with E-state index >= 15 is 0 Å². The Balaban J connectivity index is 1.52. The number of rotatable bonds is 2. The number of hydrogen-bond acceptors (Lipinski definition) is 6. The average Bonchev–Trinajstić information content (AvgIpc) is 3.24. The van der Waals surface area contributed by atoms with E-state index in [1.165, 1.54) is 25.9 Å². The summed E-state index contributed by atoms with van der Waals surface area (Å²) in [5.41, 5.74) is 2.63. The lowest BCUT2D eigenvalue weighted by atomic mass is 9.73. The summed E-state index contributed by atoms with van der Waals surface area (Å²) in [6, 6.07) is 5.83. The van der Waals surface area contributed by atoms with Gasteiger partial charge in [0.05, 0.1) is 5.41 Å². The Morgan fingerprint density at radius 2 is 1.91 bits per heavy atom. The second kappa shape index (κ2) is 4.86. The fourth-order valence-corrected chi connectivity index (χ4v) is 4.08. The normalized spacial score (nSPS) is 27.4. The van der Waals surface area contributed by atoms with Gasteiger partial charge in [0.2, 0.25) is 11.7 Å². The third-order valence-electron chi connectivity index (χ3n) is 5.24. The predicted octanol–water partition coefficient (Wildman–Crippen LogP) is 2.14. The minimum Gasteiger partial charge on any atom is -0.338 e. The standard InChI is InChI=1S/C16H18N6O/c1-5-16(6-2-8-22(7-1)10-16)15-17-14(20-23-15)11-3-4-12-13(9-11)19-21-18-12/h3-4,9H,1-2,5-8,10H2,(H,18,19,21). The van der Waals surface area contributed by atoms with E-state index in [1.54, 1.807) is 0 Å². The molecular formula is C16H18N6O. The zero-order valence-corrected chi connectivity index (χ0v) is 12.8. The van der Waals surface area contributed by atoms with E-state index in [0.717, 1.165) is 41.9 Å². The summed E-state index contributed by atoms with van der Waals surface area (Å²) in [7, 11) is 0. The molecule has 0 radical (unpaired) electrons. The summed E-state index contributed by atoms with van der Waals surface area (Å²) in [5.74, 6) is 1.44. The molecule has 0 saturated carbocycles. The van der Waals surface area contributed by atoms with E-state index in [0.29, 0.717) is 5.82 Å². The minimum atomic E-state index is 0.0553. The molecule has 0 amide bonds. The van der Waals surface area contributed by atoms with Crippen LogP contribution in [0.15, 0.2) is 22.7 Å². The Morgan fingerprint density at radius 1 is 1.09 bits per heavy atom. The molecule has 7 nitrogen and oxygen atoms in total. The van der Waals surface area contributed by atoms with Crippen LogP contribution in [0.2, 0.25) is 0 Å². The first-order chi connectivity index (χ1) is 11.3. The Hall–Kier alpha value is -2.28. The molecule has 3 aromatic rings. The Labute approximate surface area is 133 Å². The van der Waals surface area contributed by atoms with Crippen molar-refractivity contribution < 1.29 is 4.52 Å². The van der Waals surface area contributed by atoms with Gasteiger partial charge in [0, 0.05) is 12.1 Å². The van der Waals surface area contributed by atoms with Crippen molar-refractivity contribution in [2.24, 2.45) is 0 Å². The van der Waals surface area contributed by atoms with Gasteiger partial charge in [-0.25, -0.2) is 0 Å². The van der Waals surface area contributed by atoms with Crippen molar-refractivity contribution >= 4 is 11.0 Å². The number of fused-ring (bicyclic) bond motifs is 3. The van der Waals surface area contributed by atoms with Gasteiger partial charge in [-0.15, -0.1) is 0 Å². The smallest absolute Gasteiger partial charge is 0.234 e. The second-order valence-corrected chi connectivity index (χ2v) is 6.71. The lowest BCUT2D eigenvalue weighted by Crippen LogP contribution is -2.50. The highest BCUT2D eigenvalue weighted by molar-refractivity contribution is 5.79. The summed E-state index contributed by atoms with van der Waals surface area (Å²) >= 11 is 0. The van der Waals surface area contributed by atoms with Crippen molar-refractivity contribution in [1.29, 1.82) is 0 Å². The van der Waals surface area contributed by atoms with Crippen LogP contribution in [0.4, 0.5) is 0 Å². The van der Waals surface area contributed by atoms with Gasteiger partial charge in [0.15, 0.2) is 0 Å². The van der Waals surface area contributed by atoms with Gasteiger partial charge in [-0.3, -0.25) is 0 Å². The van der Waals surface area contributed by atoms with Crippen molar-refractivity contribution in [3.63, 3.8) is 0 Å². The number of nitrogens with zero attached hydrogens (tertiary/aromatic N) is 5. The second-order valence-electron chi connectivity index (χ2n) is 6.71. The van der Waals surface area contributed by atoms with Crippen molar-refractivity contribution in [2.45, 2.75) is 31.1 Å². The summed E-state index contributed by atoms with van der Waals surface area (Å²) in [4.78, 5) is 7.27. The maximum Gasteiger partial charge on any atom is 0.234 e. The Bertz CT molecular complexity index is 843. The van der Waals surface area contributed by atoms with Crippen molar-refractivity contribution in [1.82, 2.24) is 30.5 Å². The van der Waals surface area contributed by atoms with Gasteiger partial charge in [-0.2, -0.15) is 20.4 Å². The van der Waals surface area contributed by atoms with Crippen molar-refractivity contribution in [3.05, 3.63) is 24.1 Å². The van der Waals surface area contributed by atoms with Crippen LogP contribution in [0.5, 0.6) is 0 Å². The van der Waals surface area contributed by atoms with Crippen LogP contribution in [0.25, 0.3) is 22.4 Å². The molecule has 7 heteroatoms. The van der Waals surface area contributed by atoms with E-state index in [4.69, 9.17) is 9.51 Å². The highest BCUT2D eigenvalue weighted by atomic mass is 16.5. The Morgan fingerprint density at radius 3 is 2.78 bits per heavy atom. The molecule has 2 bridgehead atoms.